The van der Waals surface area contributed by atoms with E-state index in [2.05, 4.69) is 39.6 Å². The fourth-order valence-electron chi connectivity index (χ4n) is 4.45. The Balaban J connectivity index is 1.47. The summed E-state index contributed by atoms with van der Waals surface area (Å²) in [5.41, 5.74) is 4.23. The van der Waals surface area contributed by atoms with Crippen molar-refractivity contribution in [2.45, 2.75) is 37.6 Å². The molecular formula is C19H25N3O2. The molecule has 1 aromatic heterocycles. The third-order valence-corrected chi connectivity index (χ3v) is 5.59. The van der Waals surface area contributed by atoms with Gasteiger partial charge in [0.2, 0.25) is 0 Å². The predicted octanol–water partition coefficient (Wildman–Crippen LogP) is 2.38. The number of likely N-dealkylation sites (tertiary alicyclic amines) is 1. The van der Waals surface area contributed by atoms with Crippen molar-refractivity contribution in [3.63, 3.8) is 0 Å². The number of methoxy groups -OCH3 is 1. The number of benzene rings is 1. The molecule has 0 spiro atoms. The highest BCUT2D eigenvalue weighted by molar-refractivity contribution is 5.88. The van der Waals surface area contributed by atoms with E-state index in [0.717, 1.165) is 19.6 Å². The van der Waals surface area contributed by atoms with Crippen LogP contribution in [0, 0.1) is 0 Å². The van der Waals surface area contributed by atoms with Crippen LogP contribution in [0.1, 0.15) is 36.3 Å². The number of ether oxygens (including phenoxy) is 1. The molecule has 5 nitrogen and oxygen atoms in total. The number of nitrogens with one attached hydrogen (secondary N) is 2. The second kappa shape index (κ2) is 6.57. The molecule has 0 saturated carbocycles. The molecule has 1 aliphatic heterocycles. The maximum atomic E-state index is 11.2. The average Bonchev–Trinajstić information content (AvgIpc) is 3.03. The van der Waals surface area contributed by atoms with Crippen molar-refractivity contribution in [2.75, 3.05) is 26.9 Å². The maximum Gasteiger partial charge on any atom is 0.306 e. The summed E-state index contributed by atoms with van der Waals surface area (Å²) >= 11 is 0. The van der Waals surface area contributed by atoms with Crippen LogP contribution in [0.3, 0.4) is 0 Å². The van der Waals surface area contributed by atoms with E-state index in [0.29, 0.717) is 24.9 Å². The molecule has 128 valence electrons. The van der Waals surface area contributed by atoms with Gasteiger partial charge in [0.25, 0.3) is 0 Å². The van der Waals surface area contributed by atoms with Crippen LogP contribution in [0.15, 0.2) is 24.4 Å². The number of aromatic amines is 1. The molecule has 0 unspecified atom stereocenters. The number of carbonyl (C=O) groups excluding carboxylic acids is 1. The zero-order valence-corrected chi connectivity index (χ0v) is 14.2. The highest BCUT2D eigenvalue weighted by Gasteiger charge is 2.37. The Morgan fingerprint density at radius 1 is 1.46 bits per heavy atom. The fraction of sp³-hybridized carbons (Fsp3) is 0.526. The van der Waals surface area contributed by atoms with Crippen molar-refractivity contribution in [2.24, 2.45) is 0 Å². The molecule has 0 radical (unpaired) electrons. The van der Waals surface area contributed by atoms with Crippen LogP contribution in [-0.4, -0.2) is 48.8 Å². The van der Waals surface area contributed by atoms with Gasteiger partial charge in [0.05, 0.1) is 13.5 Å². The van der Waals surface area contributed by atoms with Crippen molar-refractivity contribution in [1.82, 2.24) is 15.2 Å². The van der Waals surface area contributed by atoms with E-state index in [4.69, 9.17) is 4.74 Å². The second-order valence-corrected chi connectivity index (χ2v) is 6.90. The first-order chi connectivity index (χ1) is 11.8. The van der Waals surface area contributed by atoms with Crippen molar-refractivity contribution in [3.8, 4) is 0 Å². The van der Waals surface area contributed by atoms with E-state index in [9.17, 15) is 4.79 Å². The van der Waals surface area contributed by atoms with Crippen LogP contribution in [0.2, 0.25) is 0 Å². The first kappa shape index (κ1) is 15.7. The van der Waals surface area contributed by atoms with Gasteiger partial charge in [-0.1, -0.05) is 12.1 Å². The van der Waals surface area contributed by atoms with Gasteiger partial charge in [0.1, 0.15) is 0 Å². The molecule has 2 aromatic rings. The van der Waals surface area contributed by atoms with Crippen LogP contribution >= 0.6 is 0 Å². The van der Waals surface area contributed by atoms with Crippen LogP contribution in [0.25, 0.3) is 10.9 Å². The van der Waals surface area contributed by atoms with Gasteiger partial charge in [0, 0.05) is 42.3 Å². The highest BCUT2D eigenvalue weighted by Crippen LogP contribution is 2.43. The smallest absolute Gasteiger partial charge is 0.306 e. The first-order valence-electron chi connectivity index (χ1n) is 8.88. The van der Waals surface area contributed by atoms with Crippen LogP contribution in [-0.2, 0) is 16.0 Å². The molecule has 0 bridgehead atoms. The largest absolute Gasteiger partial charge is 0.469 e. The van der Waals surface area contributed by atoms with E-state index >= 15 is 0 Å². The SMILES string of the molecule is COC(=O)CCNCN1CCC[C@@H]2c3cccc4[nH]cc(c34)C[C@H]21. The highest BCUT2D eigenvalue weighted by atomic mass is 16.5. The van der Waals surface area contributed by atoms with Gasteiger partial charge in [-0.05, 0) is 43.0 Å². The zero-order chi connectivity index (χ0) is 16.5. The molecule has 5 heteroatoms. The Hall–Kier alpha value is -1.85. The van der Waals surface area contributed by atoms with E-state index in [1.54, 1.807) is 0 Å². The quantitative estimate of drug-likeness (QED) is 0.654. The normalized spacial score (nSPS) is 23.2. The minimum atomic E-state index is -0.152. The molecule has 1 aromatic carbocycles. The first-order valence-corrected chi connectivity index (χ1v) is 8.88. The minimum Gasteiger partial charge on any atom is -0.469 e. The average molecular weight is 327 g/mol. The summed E-state index contributed by atoms with van der Waals surface area (Å²) in [6.45, 7) is 2.64. The molecular weight excluding hydrogens is 302 g/mol. The summed E-state index contributed by atoms with van der Waals surface area (Å²) in [5.74, 6) is 0.466. The lowest BCUT2D eigenvalue weighted by Crippen LogP contribution is -2.50. The Bertz CT molecular complexity index is 739. The molecule has 4 rings (SSSR count). The van der Waals surface area contributed by atoms with Gasteiger partial charge in [-0.25, -0.2) is 0 Å². The second-order valence-electron chi connectivity index (χ2n) is 6.90. The molecule has 1 fully saturated rings. The number of H-pyrrole nitrogens is 1. The Morgan fingerprint density at radius 2 is 2.38 bits per heavy atom. The Labute approximate surface area is 142 Å². The summed E-state index contributed by atoms with van der Waals surface area (Å²) in [7, 11) is 1.44. The zero-order valence-electron chi connectivity index (χ0n) is 14.2. The number of fused-ring (bicyclic) bond motifs is 2. The molecule has 24 heavy (non-hydrogen) atoms. The van der Waals surface area contributed by atoms with E-state index in [1.165, 1.54) is 42.0 Å². The molecule has 1 saturated heterocycles. The minimum absolute atomic E-state index is 0.152. The number of rotatable bonds is 5. The van der Waals surface area contributed by atoms with Crippen molar-refractivity contribution in [3.05, 3.63) is 35.5 Å². The molecule has 2 aliphatic rings. The van der Waals surface area contributed by atoms with E-state index < -0.39 is 0 Å². The summed E-state index contributed by atoms with van der Waals surface area (Å²) in [4.78, 5) is 17.2. The van der Waals surface area contributed by atoms with Crippen LogP contribution in [0.5, 0.6) is 0 Å². The summed E-state index contributed by atoms with van der Waals surface area (Å²) in [6, 6.07) is 7.22. The number of aromatic nitrogens is 1. The third kappa shape index (κ3) is 2.72. The molecule has 0 amide bonds. The standard InChI is InChI=1S/C19H25N3O2/c1-24-18(23)7-8-20-12-22-9-3-5-14-15-4-2-6-16-19(15)13(11-21-16)10-17(14)22/h2,4,6,11,14,17,20-21H,3,5,7-10,12H2,1H3/t14-,17-/m1/s1. The maximum absolute atomic E-state index is 11.2. The third-order valence-electron chi connectivity index (χ3n) is 5.59. The van der Waals surface area contributed by atoms with Gasteiger partial charge in [-0.3, -0.25) is 9.69 Å². The summed E-state index contributed by atoms with van der Waals surface area (Å²) in [6.07, 6.45) is 6.23. The number of nitrogens with zero attached hydrogens (tertiary/aromatic N) is 1. The Morgan fingerprint density at radius 3 is 3.25 bits per heavy atom. The van der Waals surface area contributed by atoms with Crippen LogP contribution < -0.4 is 5.32 Å². The number of hydrogen-bond donors (Lipinski definition) is 2. The molecule has 2 atom stereocenters. The fourth-order valence-corrected chi connectivity index (χ4v) is 4.45. The van der Waals surface area contributed by atoms with Gasteiger partial charge >= 0.3 is 5.97 Å². The van der Waals surface area contributed by atoms with E-state index in [-0.39, 0.29) is 5.97 Å². The monoisotopic (exact) mass is 327 g/mol. The summed E-state index contributed by atoms with van der Waals surface area (Å²) < 4.78 is 4.69. The Kier molecular flexibility index (Phi) is 4.29. The van der Waals surface area contributed by atoms with Crippen molar-refractivity contribution >= 4 is 16.9 Å². The molecule has 1 aliphatic carbocycles. The molecule has 2 heterocycles. The lowest BCUT2D eigenvalue weighted by Gasteiger charge is -2.44. The van der Waals surface area contributed by atoms with Gasteiger partial charge < -0.3 is 15.0 Å². The van der Waals surface area contributed by atoms with E-state index in [1.807, 2.05) is 0 Å². The number of hydrogen-bond acceptors (Lipinski definition) is 4. The molecule has 2 N–H and O–H groups in total. The van der Waals surface area contributed by atoms with Gasteiger partial charge in [0.15, 0.2) is 0 Å². The van der Waals surface area contributed by atoms with Crippen molar-refractivity contribution in [1.29, 1.82) is 0 Å². The van der Waals surface area contributed by atoms with Gasteiger partial charge in [-0.2, -0.15) is 0 Å². The number of carbonyl (C=O) groups is 1. The number of esters is 1. The lowest BCUT2D eigenvalue weighted by atomic mass is 9.75. The van der Waals surface area contributed by atoms with Crippen molar-refractivity contribution < 1.29 is 9.53 Å². The lowest BCUT2D eigenvalue weighted by molar-refractivity contribution is -0.140. The van der Waals surface area contributed by atoms with Crippen LogP contribution in [0.4, 0.5) is 0 Å². The topological polar surface area (TPSA) is 57.4 Å². The number of piperidine rings is 1. The predicted molar refractivity (Wildman–Crippen MR) is 94.0 cm³/mol. The van der Waals surface area contributed by atoms with Gasteiger partial charge in [-0.15, -0.1) is 0 Å². The summed E-state index contributed by atoms with van der Waals surface area (Å²) in [5, 5.41) is 4.87.